The molecule has 0 aromatic carbocycles. The van der Waals surface area contributed by atoms with E-state index >= 15 is 0 Å². The minimum absolute atomic E-state index is 0.270. The molecule has 9 nitrogen and oxygen atoms in total. The van der Waals surface area contributed by atoms with Gasteiger partial charge in [0.15, 0.2) is 0 Å². The van der Waals surface area contributed by atoms with E-state index in [4.69, 9.17) is 4.52 Å². The van der Waals surface area contributed by atoms with Gasteiger partial charge in [0.2, 0.25) is 21.7 Å². The predicted molar refractivity (Wildman–Crippen MR) is 108 cm³/mol. The normalized spacial score (nSPS) is 16.6. The third kappa shape index (κ3) is 3.46. The average molecular weight is 431 g/mol. The second-order valence-corrected chi connectivity index (χ2v) is 9.58. The Morgan fingerprint density at radius 3 is 2.83 bits per heavy atom. The monoisotopic (exact) mass is 430 g/mol. The highest BCUT2D eigenvalue weighted by Gasteiger charge is 2.31. The molecule has 29 heavy (non-hydrogen) atoms. The Balaban J connectivity index is 1.25. The van der Waals surface area contributed by atoms with Crippen molar-refractivity contribution in [2.45, 2.75) is 11.4 Å². The number of sulfonamides is 1. The number of H-pyrrole nitrogens is 1. The lowest BCUT2D eigenvalue weighted by Gasteiger charge is -2.32. The van der Waals surface area contributed by atoms with Crippen LogP contribution in [0.15, 0.2) is 51.5 Å². The number of thiophene rings is 1. The quantitative estimate of drug-likeness (QED) is 0.517. The van der Waals surface area contributed by atoms with Crippen molar-refractivity contribution in [3.63, 3.8) is 0 Å². The molecule has 150 valence electrons. The minimum Gasteiger partial charge on any atom is -0.345 e. The molecular weight excluding hydrogens is 412 g/mol. The largest absolute Gasteiger partial charge is 0.345 e. The van der Waals surface area contributed by atoms with Crippen molar-refractivity contribution in [3.8, 4) is 10.7 Å². The van der Waals surface area contributed by atoms with Gasteiger partial charge in [0.1, 0.15) is 10.5 Å². The van der Waals surface area contributed by atoms with Crippen molar-refractivity contribution in [1.82, 2.24) is 29.3 Å². The topological polar surface area (TPSA) is 108 Å². The van der Waals surface area contributed by atoms with Gasteiger partial charge in [-0.05, 0) is 23.6 Å². The Labute approximate surface area is 171 Å². The van der Waals surface area contributed by atoms with Crippen LogP contribution in [0.5, 0.6) is 0 Å². The van der Waals surface area contributed by atoms with Crippen molar-refractivity contribution in [3.05, 3.63) is 47.9 Å². The molecule has 4 aromatic heterocycles. The van der Waals surface area contributed by atoms with Crippen LogP contribution >= 0.6 is 11.3 Å². The van der Waals surface area contributed by atoms with E-state index in [1.807, 2.05) is 17.5 Å². The molecule has 1 N–H and O–H groups in total. The Hall–Kier alpha value is -2.60. The molecule has 0 unspecified atom stereocenters. The Morgan fingerprint density at radius 2 is 2.03 bits per heavy atom. The molecule has 0 radical (unpaired) electrons. The first kappa shape index (κ1) is 18.4. The maximum absolute atomic E-state index is 13.1. The number of hydrogen-bond donors (Lipinski definition) is 1. The fourth-order valence-electron chi connectivity index (χ4n) is 3.43. The van der Waals surface area contributed by atoms with E-state index in [0.717, 1.165) is 4.88 Å². The molecule has 0 aliphatic carbocycles. The highest BCUT2D eigenvalue weighted by Crippen LogP contribution is 2.26. The van der Waals surface area contributed by atoms with Crippen molar-refractivity contribution in [1.29, 1.82) is 0 Å². The summed E-state index contributed by atoms with van der Waals surface area (Å²) in [6.45, 7) is 2.50. The Bertz CT molecular complexity index is 1220. The zero-order chi connectivity index (χ0) is 19.8. The first-order valence-corrected chi connectivity index (χ1v) is 11.4. The fourth-order valence-corrected chi connectivity index (χ4v) is 5.65. The van der Waals surface area contributed by atoms with Gasteiger partial charge in [0, 0.05) is 44.0 Å². The van der Waals surface area contributed by atoms with Crippen LogP contribution in [0.2, 0.25) is 0 Å². The van der Waals surface area contributed by atoms with Crippen LogP contribution in [0.25, 0.3) is 21.7 Å². The molecule has 1 fully saturated rings. The van der Waals surface area contributed by atoms with Gasteiger partial charge in [-0.1, -0.05) is 11.2 Å². The second-order valence-electron chi connectivity index (χ2n) is 6.72. The van der Waals surface area contributed by atoms with Crippen LogP contribution in [0.1, 0.15) is 5.89 Å². The van der Waals surface area contributed by atoms with E-state index < -0.39 is 10.0 Å². The summed E-state index contributed by atoms with van der Waals surface area (Å²) in [6, 6.07) is 7.40. The lowest BCUT2D eigenvalue weighted by molar-refractivity contribution is 0.163. The molecule has 1 saturated heterocycles. The summed E-state index contributed by atoms with van der Waals surface area (Å²) in [5.41, 5.74) is 0.572. The number of rotatable bonds is 5. The molecule has 1 aliphatic heterocycles. The van der Waals surface area contributed by atoms with E-state index in [2.05, 4.69) is 25.0 Å². The van der Waals surface area contributed by atoms with Crippen LogP contribution in [-0.2, 0) is 16.6 Å². The zero-order valence-electron chi connectivity index (χ0n) is 15.4. The van der Waals surface area contributed by atoms with Crippen molar-refractivity contribution < 1.29 is 12.9 Å². The number of nitrogens with one attached hydrogen (secondary N) is 1. The van der Waals surface area contributed by atoms with Crippen LogP contribution in [0.4, 0.5) is 0 Å². The molecule has 5 heterocycles. The van der Waals surface area contributed by atoms with E-state index in [-0.39, 0.29) is 4.90 Å². The lowest BCUT2D eigenvalue weighted by atomic mass is 10.3. The maximum Gasteiger partial charge on any atom is 0.245 e. The van der Waals surface area contributed by atoms with Crippen molar-refractivity contribution in [2.75, 3.05) is 26.2 Å². The van der Waals surface area contributed by atoms with Gasteiger partial charge >= 0.3 is 0 Å². The van der Waals surface area contributed by atoms with Crippen LogP contribution in [-0.4, -0.2) is 63.9 Å². The van der Waals surface area contributed by atoms with Gasteiger partial charge in [-0.15, -0.1) is 11.3 Å². The molecule has 11 heteroatoms. The first-order chi connectivity index (χ1) is 14.1. The molecular formula is C18H18N6O3S2. The number of hydrogen-bond acceptors (Lipinski definition) is 8. The summed E-state index contributed by atoms with van der Waals surface area (Å²) in [5.74, 6) is 1.12. The van der Waals surface area contributed by atoms with Crippen LogP contribution < -0.4 is 0 Å². The maximum atomic E-state index is 13.1. The number of aromatic amines is 1. The summed E-state index contributed by atoms with van der Waals surface area (Å²) in [7, 11) is -3.58. The predicted octanol–water partition coefficient (Wildman–Crippen LogP) is 2.18. The van der Waals surface area contributed by atoms with Gasteiger partial charge in [-0.3, -0.25) is 4.90 Å². The van der Waals surface area contributed by atoms with Gasteiger partial charge in [0.05, 0.1) is 11.4 Å². The summed E-state index contributed by atoms with van der Waals surface area (Å²) < 4.78 is 33.0. The average Bonchev–Trinajstić information content (AvgIpc) is 3.48. The summed E-state index contributed by atoms with van der Waals surface area (Å²) in [4.78, 5) is 14.9. The van der Waals surface area contributed by atoms with E-state index in [1.165, 1.54) is 10.5 Å². The van der Waals surface area contributed by atoms with Gasteiger partial charge in [-0.25, -0.2) is 13.4 Å². The molecule has 0 spiro atoms. The Morgan fingerprint density at radius 1 is 1.17 bits per heavy atom. The highest BCUT2D eigenvalue weighted by atomic mass is 32.2. The van der Waals surface area contributed by atoms with Gasteiger partial charge in [-0.2, -0.15) is 9.29 Å². The summed E-state index contributed by atoms with van der Waals surface area (Å²) in [6.07, 6.45) is 3.15. The van der Waals surface area contributed by atoms with E-state index in [1.54, 1.807) is 29.7 Å². The second kappa shape index (κ2) is 7.34. The number of fused-ring (bicyclic) bond motifs is 1. The van der Waals surface area contributed by atoms with E-state index in [9.17, 15) is 8.42 Å². The zero-order valence-corrected chi connectivity index (χ0v) is 17.0. The lowest BCUT2D eigenvalue weighted by Crippen LogP contribution is -2.48. The van der Waals surface area contributed by atoms with Gasteiger partial charge < -0.3 is 9.51 Å². The number of nitrogens with zero attached hydrogens (tertiary/aromatic N) is 5. The smallest absolute Gasteiger partial charge is 0.245 e. The van der Waals surface area contributed by atoms with Gasteiger partial charge in [0.25, 0.3) is 0 Å². The van der Waals surface area contributed by atoms with E-state index in [0.29, 0.717) is 55.5 Å². The summed E-state index contributed by atoms with van der Waals surface area (Å²) in [5, 5.41) is 6.60. The molecule has 5 rings (SSSR count). The number of aromatic nitrogens is 4. The third-order valence-electron chi connectivity index (χ3n) is 4.93. The Kier molecular flexibility index (Phi) is 4.66. The summed E-state index contributed by atoms with van der Waals surface area (Å²) >= 11 is 1.56. The molecule has 0 amide bonds. The molecule has 0 bridgehead atoms. The standard InChI is InChI=1S/C18H18N6O3S2/c25-29(26,15-11-20-17-13(15)3-1-5-19-17)24-8-6-23(7-9-24)12-16-21-18(22-27-16)14-4-2-10-28-14/h1-5,10-11H,6-9,12H2,(H,19,20). The third-order valence-corrected chi connectivity index (χ3v) is 7.74. The molecule has 0 atom stereocenters. The highest BCUT2D eigenvalue weighted by molar-refractivity contribution is 7.89. The molecule has 1 aliphatic rings. The number of piperazine rings is 1. The number of pyridine rings is 1. The van der Waals surface area contributed by atoms with Crippen molar-refractivity contribution in [2.24, 2.45) is 0 Å². The fraction of sp³-hybridized carbons (Fsp3) is 0.278. The first-order valence-electron chi connectivity index (χ1n) is 9.12. The molecule has 4 aromatic rings. The van der Waals surface area contributed by atoms with Crippen LogP contribution in [0.3, 0.4) is 0 Å². The van der Waals surface area contributed by atoms with Crippen molar-refractivity contribution >= 4 is 32.4 Å². The molecule has 0 saturated carbocycles. The SMILES string of the molecule is O=S(=O)(c1c[nH]c2ncccc12)N1CCN(Cc2nc(-c3cccs3)no2)CC1. The van der Waals surface area contributed by atoms with Crippen LogP contribution in [0, 0.1) is 0 Å². The minimum atomic E-state index is -3.58.